The highest BCUT2D eigenvalue weighted by Crippen LogP contribution is 2.76. The van der Waals surface area contributed by atoms with Gasteiger partial charge in [-0.05, 0) is 68.9 Å². The summed E-state index contributed by atoms with van der Waals surface area (Å²) in [6.07, 6.45) is 6.97. The van der Waals surface area contributed by atoms with E-state index < -0.39 is 68.3 Å². The topological polar surface area (TPSA) is 130 Å². The van der Waals surface area contributed by atoms with Crippen molar-refractivity contribution in [3.8, 4) is 0 Å². The predicted molar refractivity (Wildman–Crippen MR) is 147 cm³/mol. The molecule has 5 aliphatic rings. The van der Waals surface area contributed by atoms with Gasteiger partial charge in [-0.15, -0.1) is 0 Å². The molecule has 222 valence electrons. The maximum atomic E-state index is 14.5. The number of aliphatic hydroxyl groups is 3. The lowest BCUT2D eigenvalue weighted by atomic mass is 9.38. The largest absolute Gasteiger partial charge is 0.456 e. The van der Waals surface area contributed by atoms with Crippen molar-refractivity contribution in [1.29, 1.82) is 0 Å². The zero-order chi connectivity index (χ0) is 29.9. The van der Waals surface area contributed by atoms with Crippen LogP contribution in [0.25, 0.3) is 0 Å². The van der Waals surface area contributed by atoms with E-state index >= 15 is 0 Å². The van der Waals surface area contributed by atoms with Crippen molar-refractivity contribution in [2.45, 2.75) is 110 Å². The number of allylic oxidation sites excluding steroid dienone is 1. The van der Waals surface area contributed by atoms with Crippen molar-refractivity contribution in [2.75, 3.05) is 6.61 Å². The summed E-state index contributed by atoms with van der Waals surface area (Å²) in [6.45, 7) is 14.3. The summed E-state index contributed by atoms with van der Waals surface area (Å²) >= 11 is 0. The average molecular weight is 559 g/mol. The number of ketones is 2. The molecule has 0 aromatic carbocycles. The predicted octanol–water partition coefficient (Wildman–Crippen LogP) is 3.31. The molecule has 0 aromatic rings. The van der Waals surface area contributed by atoms with Crippen LogP contribution < -0.4 is 0 Å². The van der Waals surface area contributed by atoms with Gasteiger partial charge in [0.05, 0.1) is 29.8 Å². The summed E-state index contributed by atoms with van der Waals surface area (Å²) in [7, 11) is 0. The number of carbonyl (C=O) groups is 3. The Morgan fingerprint density at radius 1 is 1.10 bits per heavy atom. The van der Waals surface area contributed by atoms with E-state index in [-0.39, 0.29) is 30.6 Å². The first-order valence-corrected chi connectivity index (χ1v) is 14.6. The second-order valence-electron chi connectivity index (χ2n) is 15.1. The van der Waals surface area contributed by atoms with Crippen molar-refractivity contribution in [2.24, 2.45) is 39.4 Å². The molecule has 4 aliphatic carbocycles. The molecule has 1 aliphatic heterocycles. The minimum Gasteiger partial charge on any atom is -0.456 e. The van der Waals surface area contributed by atoms with Crippen molar-refractivity contribution in [1.82, 2.24) is 0 Å². The summed E-state index contributed by atoms with van der Waals surface area (Å²) in [5, 5.41) is 34.3. The minimum atomic E-state index is -1.97. The molecule has 3 N–H and O–H groups in total. The molecule has 2 bridgehead atoms. The maximum absolute atomic E-state index is 14.5. The molecule has 3 saturated carbocycles. The minimum absolute atomic E-state index is 0.0507. The van der Waals surface area contributed by atoms with Crippen LogP contribution in [0.3, 0.4) is 0 Å². The van der Waals surface area contributed by atoms with Crippen LogP contribution in [-0.4, -0.2) is 68.5 Å². The fourth-order valence-electron chi connectivity index (χ4n) is 10.1. The number of fused-ring (bicyclic) bond motifs is 2. The normalized spacial score (nSPS) is 46.9. The summed E-state index contributed by atoms with van der Waals surface area (Å²) in [5.74, 6) is -2.29. The van der Waals surface area contributed by atoms with Crippen molar-refractivity contribution in [3.05, 3.63) is 24.3 Å². The molecular formula is C32H46O8. The Morgan fingerprint density at radius 3 is 2.38 bits per heavy atom. The SMILES string of the molecule is CC(=O)OC(C)(C)/C=C/C(=O)[C@](C)(O)[C@H]1[C@H](O)C[C@@]2(C)[C@@H]3C=C[C@@]45OC[C@]3(C(=O)C[C@]12C)[C@@H]4CC[C@H](O)C5(C)C. The van der Waals surface area contributed by atoms with E-state index in [0.29, 0.717) is 19.3 Å². The highest BCUT2D eigenvalue weighted by atomic mass is 16.6. The first kappa shape index (κ1) is 29.6. The Labute approximate surface area is 237 Å². The van der Waals surface area contributed by atoms with Gasteiger partial charge >= 0.3 is 5.97 Å². The summed E-state index contributed by atoms with van der Waals surface area (Å²) in [4.78, 5) is 39.4. The molecule has 4 fully saturated rings. The molecule has 0 aromatic heterocycles. The molecule has 0 unspecified atom stereocenters. The Kier molecular flexibility index (Phi) is 6.36. The van der Waals surface area contributed by atoms with Gasteiger partial charge in [0.25, 0.3) is 0 Å². The number of rotatable bonds is 5. The van der Waals surface area contributed by atoms with Gasteiger partial charge in [-0.2, -0.15) is 0 Å². The summed E-state index contributed by atoms with van der Waals surface area (Å²) in [5.41, 5.74) is -6.59. The first-order chi connectivity index (χ1) is 18.2. The lowest BCUT2D eigenvalue weighted by Crippen LogP contribution is -2.68. The van der Waals surface area contributed by atoms with Gasteiger partial charge in [-0.1, -0.05) is 39.8 Å². The van der Waals surface area contributed by atoms with Crippen LogP contribution in [0.1, 0.15) is 81.1 Å². The number of hydrogen-bond donors (Lipinski definition) is 3. The van der Waals surface area contributed by atoms with Crippen LogP contribution in [0.4, 0.5) is 0 Å². The van der Waals surface area contributed by atoms with Crippen LogP contribution in [0, 0.1) is 39.4 Å². The quantitative estimate of drug-likeness (QED) is 0.266. The smallest absolute Gasteiger partial charge is 0.303 e. The van der Waals surface area contributed by atoms with E-state index in [4.69, 9.17) is 9.47 Å². The molecule has 8 nitrogen and oxygen atoms in total. The highest BCUT2D eigenvalue weighted by molar-refractivity contribution is 5.97. The number of carbonyl (C=O) groups excluding carboxylic acids is 3. The number of aliphatic hydroxyl groups excluding tert-OH is 2. The zero-order valence-corrected chi connectivity index (χ0v) is 25.1. The third-order valence-electron chi connectivity index (χ3n) is 12.2. The Hall–Kier alpha value is -1.87. The third-order valence-corrected chi connectivity index (χ3v) is 12.2. The van der Waals surface area contributed by atoms with Gasteiger partial charge in [0.1, 0.15) is 17.0 Å². The molecule has 0 radical (unpaired) electrons. The monoisotopic (exact) mass is 558 g/mol. The van der Waals surface area contributed by atoms with Crippen molar-refractivity contribution >= 4 is 17.5 Å². The molecule has 10 atom stereocenters. The number of hydrogen-bond acceptors (Lipinski definition) is 8. The van der Waals surface area contributed by atoms with Gasteiger partial charge in [0.15, 0.2) is 5.78 Å². The molecule has 8 heteroatoms. The van der Waals surface area contributed by atoms with Crippen LogP contribution in [0.5, 0.6) is 0 Å². The van der Waals surface area contributed by atoms with Crippen molar-refractivity contribution in [3.63, 3.8) is 0 Å². The Bertz CT molecular complexity index is 1200. The molecule has 1 heterocycles. The second-order valence-corrected chi connectivity index (χ2v) is 15.1. The van der Waals surface area contributed by atoms with Gasteiger partial charge in [0, 0.05) is 30.6 Å². The van der Waals surface area contributed by atoms with Gasteiger partial charge in [-0.25, -0.2) is 0 Å². The molecule has 5 rings (SSSR count). The Morgan fingerprint density at radius 2 is 1.75 bits per heavy atom. The Balaban J connectivity index is 1.54. The molecule has 40 heavy (non-hydrogen) atoms. The van der Waals surface area contributed by atoms with E-state index in [0.717, 1.165) is 0 Å². The third kappa shape index (κ3) is 3.48. The van der Waals surface area contributed by atoms with E-state index in [1.807, 2.05) is 20.8 Å². The first-order valence-electron chi connectivity index (χ1n) is 14.6. The van der Waals surface area contributed by atoms with E-state index in [9.17, 15) is 29.7 Å². The van der Waals surface area contributed by atoms with Crippen LogP contribution in [0.15, 0.2) is 24.3 Å². The van der Waals surface area contributed by atoms with E-state index in [2.05, 4.69) is 19.1 Å². The average Bonchev–Trinajstić information content (AvgIpc) is 3.16. The van der Waals surface area contributed by atoms with E-state index in [1.165, 1.54) is 26.0 Å². The zero-order valence-electron chi connectivity index (χ0n) is 25.1. The lowest BCUT2D eigenvalue weighted by molar-refractivity contribution is -0.184. The summed E-state index contributed by atoms with van der Waals surface area (Å²) in [6, 6.07) is 0. The van der Waals surface area contributed by atoms with Gasteiger partial charge in [0.2, 0.25) is 0 Å². The van der Waals surface area contributed by atoms with Crippen LogP contribution in [-0.2, 0) is 23.9 Å². The highest BCUT2D eigenvalue weighted by Gasteiger charge is 2.80. The molecule has 0 amide bonds. The van der Waals surface area contributed by atoms with E-state index in [1.54, 1.807) is 13.8 Å². The number of ether oxygens (including phenoxy) is 2. The standard InChI is InChI=1S/C32H46O8/c1-18(33)40-26(2,3)13-12-23(36)30(8,38)25-19(34)15-28(6)20-11-14-32-21(9-10-22(35)27(32,4)5)31(20,17-39-32)24(37)16-29(25,28)7/h11-14,19-22,25,34-35,38H,9-10,15-17H2,1-8H3/b13-12+/t19-,20+,21+,22+,25+,28+,29-,30+,31-,32-/m1/s1. The lowest BCUT2D eigenvalue weighted by Gasteiger charge is -2.64. The molecular weight excluding hydrogens is 512 g/mol. The maximum Gasteiger partial charge on any atom is 0.303 e. The molecule has 1 spiro atoms. The van der Waals surface area contributed by atoms with Crippen LogP contribution in [0.2, 0.25) is 0 Å². The second kappa shape index (κ2) is 8.59. The van der Waals surface area contributed by atoms with Crippen LogP contribution >= 0.6 is 0 Å². The fourth-order valence-corrected chi connectivity index (χ4v) is 10.1. The van der Waals surface area contributed by atoms with Gasteiger partial charge in [-0.3, -0.25) is 14.4 Å². The summed E-state index contributed by atoms with van der Waals surface area (Å²) < 4.78 is 11.8. The van der Waals surface area contributed by atoms with Gasteiger partial charge < -0.3 is 24.8 Å². The number of Topliss-reactive ketones (excluding diaryl/α,β-unsaturated/α-hetero) is 1. The molecule has 1 saturated heterocycles. The van der Waals surface area contributed by atoms with Crippen molar-refractivity contribution < 1.29 is 39.2 Å². The number of esters is 1. The fraction of sp³-hybridized carbons (Fsp3) is 0.781.